The van der Waals surface area contributed by atoms with Crippen LogP contribution in [0.2, 0.25) is 0 Å². The second kappa shape index (κ2) is 7.91. The molecule has 142 valence electrons. The molecule has 3 saturated heterocycles. The predicted octanol–water partition coefficient (Wildman–Crippen LogP) is 0.847. The molecule has 1 spiro atoms. The van der Waals surface area contributed by atoms with Gasteiger partial charge in [0.05, 0.1) is 6.61 Å². The number of likely N-dealkylation sites (tertiary alicyclic amines) is 2. The third-order valence-electron chi connectivity index (χ3n) is 6.22. The zero-order valence-corrected chi connectivity index (χ0v) is 15.7. The van der Waals surface area contributed by atoms with E-state index in [-0.39, 0.29) is 17.5 Å². The Balaban J connectivity index is 1.67. The summed E-state index contributed by atoms with van der Waals surface area (Å²) in [7, 11) is 3.81. The van der Waals surface area contributed by atoms with Crippen molar-refractivity contribution in [2.45, 2.75) is 37.6 Å². The fourth-order valence-corrected chi connectivity index (χ4v) is 4.40. The lowest BCUT2D eigenvalue weighted by atomic mass is 9.86. The molecule has 0 aliphatic carbocycles. The van der Waals surface area contributed by atoms with E-state index in [9.17, 15) is 9.59 Å². The number of nitrogens with zero attached hydrogens (tertiary/aromatic N) is 4. The molecule has 0 unspecified atom stereocenters. The van der Waals surface area contributed by atoms with E-state index in [2.05, 4.69) is 11.9 Å². The van der Waals surface area contributed by atoms with Crippen molar-refractivity contribution in [1.29, 1.82) is 0 Å². The summed E-state index contributed by atoms with van der Waals surface area (Å²) in [5, 5.41) is 0. The molecule has 7 nitrogen and oxygen atoms in total. The number of carbonyl (C=O) groups excluding carboxylic acids is 2. The van der Waals surface area contributed by atoms with E-state index in [1.54, 1.807) is 7.11 Å². The topological polar surface area (TPSA) is 56.3 Å². The molecule has 0 aromatic carbocycles. The van der Waals surface area contributed by atoms with Crippen molar-refractivity contribution in [3.8, 4) is 0 Å². The zero-order chi connectivity index (χ0) is 17.9. The SMILES string of the molecule is COCCN1CC[C@]2(CCC1=O)CN(C(=O)N1CCCC1)CCN2C. The summed E-state index contributed by atoms with van der Waals surface area (Å²) < 4.78 is 5.13. The average Bonchev–Trinajstić information content (AvgIpc) is 3.10. The molecule has 0 aromatic heterocycles. The van der Waals surface area contributed by atoms with E-state index in [1.165, 1.54) is 0 Å². The highest BCUT2D eigenvalue weighted by Crippen LogP contribution is 2.32. The molecule has 1 atom stereocenters. The van der Waals surface area contributed by atoms with Crippen LogP contribution in [0, 0.1) is 0 Å². The number of carbonyl (C=O) groups is 2. The number of hydrogen-bond donors (Lipinski definition) is 0. The van der Waals surface area contributed by atoms with Gasteiger partial charge in [-0.05, 0) is 32.7 Å². The first-order valence-electron chi connectivity index (χ1n) is 9.57. The van der Waals surface area contributed by atoms with Gasteiger partial charge in [-0.15, -0.1) is 0 Å². The fourth-order valence-electron chi connectivity index (χ4n) is 4.40. The Morgan fingerprint density at radius 1 is 1.08 bits per heavy atom. The van der Waals surface area contributed by atoms with Crippen molar-refractivity contribution in [2.24, 2.45) is 0 Å². The molecule has 0 N–H and O–H groups in total. The minimum absolute atomic E-state index is 0.0783. The number of amides is 3. The van der Waals surface area contributed by atoms with E-state index < -0.39 is 0 Å². The summed E-state index contributed by atoms with van der Waals surface area (Å²) in [5.74, 6) is 0.213. The van der Waals surface area contributed by atoms with Crippen LogP contribution in [0.5, 0.6) is 0 Å². The lowest BCUT2D eigenvalue weighted by Gasteiger charge is -2.49. The second-order valence-electron chi connectivity index (χ2n) is 7.67. The molecule has 3 heterocycles. The largest absolute Gasteiger partial charge is 0.383 e. The van der Waals surface area contributed by atoms with Gasteiger partial charge >= 0.3 is 6.03 Å². The van der Waals surface area contributed by atoms with Crippen molar-refractivity contribution < 1.29 is 14.3 Å². The number of methoxy groups -OCH3 is 1. The number of ether oxygens (including phenoxy) is 1. The number of hydrogen-bond acceptors (Lipinski definition) is 4. The number of rotatable bonds is 3. The molecule has 0 aromatic rings. The number of urea groups is 1. The summed E-state index contributed by atoms with van der Waals surface area (Å²) in [5.41, 5.74) is -0.0783. The Morgan fingerprint density at radius 2 is 1.84 bits per heavy atom. The van der Waals surface area contributed by atoms with Crippen LogP contribution in [-0.4, -0.2) is 104 Å². The minimum atomic E-state index is -0.0783. The van der Waals surface area contributed by atoms with Crippen LogP contribution >= 0.6 is 0 Å². The Hall–Kier alpha value is -1.34. The molecule has 3 aliphatic heterocycles. The third-order valence-corrected chi connectivity index (χ3v) is 6.22. The van der Waals surface area contributed by atoms with Gasteiger partial charge in [0, 0.05) is 64.9 Å². The van der Waals surface area contributed by atoms with Gasteiger partial charge in [-0.3, -0.25) is 9.69 Å². The molecular weight excluding hydrogens is 320 g/mol. The van der Waals surface area contributed by atoms with Crippen LogP contribution in [0.4, 0.5) is 4.79 Å². The van der Waals surface area contributed by atoms with E-state index in [4.69, 9.17) is 4.74 Å². The predicted molar refractivity (Wildman–Crippen MR) is 95.4 cm³/mol. The van der Waals surface area contributed by atoms with Gasteiger partial charge in [-0.25, -0.2) is 4.79 Å². The van der Waals surface area contributed by atoms with Crippen LogP contribution in [0.3, 0.4) is 0 Å². The standard InChI is InChI=1S/C18H32N4O3/c1-19-11-12-22(17(24)21-8-3-4-9-21)15-18(19)6-5-16(23)20(10-7-18)13-14-25-2/h3-15H2,1-2H3/t18-/m1/s1. The number of piperazine rings is 1. The molecule has 0 radical (unpaired) electrons. The minimum Gasteiger partial charge on any atom is -0.383 e. The van der Waals surface area contributed by atoms with Crippen molar-refractivity contribution in [2.75, 3.05) is 66.6 Å². The van der Waals surface area contributed by atoms with Crippen LogP contribution in [-0.2, 0) is 9.53 Å². The smallest absolute Gasteiger partial charge is 0.320 e. The molecule has 25 heavy (non-hydrogen) atoms. The highest BCUT2D eigenvalue weighted by Gasteiger charge is 2.44. The fraction of sp³-hybridized carbons (Fsp3) is 0.889. The summed E-state index contributed by atoms with van der Waals surface area (Å²) in [6, 6.07) is 0.191. The van der Waals surface area contributed by atoms with E-state index in [1.807, 2.05) is 14.7 Å². The van der Waals surface area contributed by atoms with E-state index >= 15 is 0 Å². The van der Waals surface area contributed by atoms with Gasteiger partial charge in [0.25, 0.3) is 0 Å². The Morgan fingerprint density at radius 3 is 2.56 bits per heavy atom. The maximum absolute atomic E-state index is 12.8. The first kappa shape index (κ1) is 18.5. The summed E-state index contributed by atoms with van der Waals surface area (Å²) in [6.07, 6.45) is 4.54. The van der Waals surface area contributed by atoms with Gasteiger partial charge in [0.1, 0.15) is 0 Å². The zero-order valence-electron chi connectivity index (χ0n) is 15.7. The van der Waals surface area contributed by atoms with Crippen LogP contribution in [0.15, 0.2) is 0 Å². The quantitative estimate of drug-likeness (QED) is 0.756. The maximum Gasteiger partial charge on any atom is 0.320 e. The van der Waals surface area contributed by atoms with E-state index in [0.29, 0.717) is 19.6 Å². The molecule has 0 bridgehead atoms. The lowest BCUT2D eigenvalue weighted by Crippen LogP contribution is -2.63. The summed E-state index contributed by atoms with van der Waals surface area (Å²) >= 11 is 0. The van der Waals surface area contributed by atoms with Crippen LogP contribution in [0.1, 0.15) is 32.1 Å². The second-order valence-corrected chi connectivity index (χ2v) is 7.67. The van der Waals surface area contributed by atoms with Crippen LogP contribution < -0.4 is 0 Å². The van der Waals surface area contributed by atoms with E-state index in [0.717, 1.165) is 65.0 Å². The first-order valence-corrected chi connectivity index (χ1v) is 9.57. The van der Waals surface area contributed by atoms with Gasteiger partial charge < -0.3 is 19.4 Å². The molecule has 3 aliphatic rings. The van der Waals surface area contributed by atoms with Crippen molar-refractivity contribution in [3.63, 3.8) is 0 Å². The third kappa shape index (κ3) is 3.92. The molecule has 3 fully saturated rings. The first-order chi connectivity index (χ1) is 12.1. The molecular formula is C18H32N4O3. The highest BCUT2D eigenvalue weighted by atomic mass is 16.5. The molecule has 7 heteroatoms. The Bertz CT molecular complexity index is 495. The molecule has 3 amide bonds. The Labute approximate surface area is 150 Å². The van der Waals surface area contributed by atoms with Gasteiger partial charge in [0.2, 0.25) is 5.91 Å². The molecule has 3 rings (SSSR count). The monoisotopic (exact) mass is 352 g/mol. The van der Waals surface area contributed by atoms with Crippen LogP contribution in [0.25, 0.3) is 0 Å². The maximum atomic E-state index is 12.8. The van der Waals surface area contributed by atoms with Crippen molar-refractivity contribution in [1.82, 2.24) is 19.6 Å². The van der Waals surface area contributed by atoms with Crippen molar-refractivity contribution >= 4 is 11.9 Å². The van der Waals surface area contributed by atoms with Gasteiger partial charge in [0.15, 0.2) is 0 Å². The Kier molecular flexibility index (Phi) is 5.84. The average molecular weight is 352 g/mol. The summed E-state index contributed by atoms with van der Waals surface area (Å²) in [6.45, 7) is 6.17. The lowest BCUT2D eigenvalue weighted by molar-refractivity contribution is -0.131. The highest BCUT2D eigenvalue weighted by molar-refractivity contribution is 5.77. The molecule has 0 saturated carbocycles. The summed E-state index contributed by atoms with van der Waals surface area (Å²) in [4.78, 5) is 33.6. The number of likely N-dealkylation sites (N-methyl/N-ethyl adjacent to an activating group) is 1. The van der Waals surface area contributed by atoms with Gasteiger partial charge in [-0.2, -0.15) is 0 Å². The van der Waals surface area contributed by atoms with Gasteiger partial charge in [-0.1, -0.05) is 0 Å². The van der Waals surface area contributed by atoms with Crippen molar-refractivity contribution in [3.05, 3.63) is 0 Å². The normalized spacial score (nSPS) is 28.7.